The van der Waals surface area contributed by atoms with Gasteiger partial charge in [-0.25, -0.2) is 5.43 Å². The first-order chi connectivity index (χ1) is 11.9. The van der Waals surface area contributed by atoms with Gasteiger partial charge in [0.15, 0.2) is 6.61 Å². The Bertz CT molecular complexity index is 836. The van der Waals surface area contributed by atoms with Crippen LogP contribution in [0.3, 0.4) is 0 Å². The van der Waals surface area contributed by atoms with Crippen LogP contribution in [0.25, 0.3) is 0 Å². The van der Waals surface area contributed by atoms with Crippen LogP contribution in [-0.4, -0.2) is 23.1 Å². The third-order valence-electron chi connectivity index (χ3n) is 3.27. The maximum absolute atomic E-state index is 11.8. The van der Waals surface area contributed by atoms with Crippen molar-refractivity contribution in [3.05, 3.63) is 68.2 Å². The van der Waals surface area contributed by atoms with Crippen molar-refractivity contribution in [3.8, 4) is 5.75 Å². The average Bonchev–Trinajstić information content (AvgIpc) is 2.59. The Morgan fingerprint density at radius 2 is 2.08 bits per heavy atom. The molecule has 0 spiro atoms. The number of hydrogen-bond acceptors (Lipinski definition) is 5. The van der Waals surface area contributed by atoms with Gasteiger partial charge in [-0.15, -0.1) is 0 Å². The summed E-state index contributed by atoms with van der Waals surface area (Å²) in [6, 6.07) is 11.6. The summed E-state index contributed by atoms with van der Waals surface area (Å²) >= 11 is 3.37. The number of amides is 1. The number of carbonyl (C=O) groups is 1. The van der Waals surface area contributed by atoms with E-state index in [0.717, 1.165) is 10.0 Å². The lowest BCUT2D eigenvalue weighted by Crippen LogP contribution is -2.25. The molecular formula is C17H16BrN3O4. The lowest BCUT2D eigenvalue weighted by Gasteiger charge is -2.08. The Kier molecular flexibility index (Phi) is 6.24. The van der Waals surface area contributed by atoms with Crippen LogP contribution in [0.5, 0.6) is 5.75 Å². The zero-order valence-corrected chi connectivity index (χ0v) is 15.2. The summed E-state index contributed by atoms with van der Waals surface area (Å²) in [7, 11) is 0. The Hall–Kier alpha value is -2.74. The number of hydrazone groups is 1. The fourth-order valence-corrected chi connectivity index (χ4v) is 2.56. The smallest absolute Gasteiger partial charge is 0.277 e. The molecule has 2 aromatic carbocycles. The van der Waals surface area contributed by atoms with Crippen molar-refractivity contribution in [2.24, 2.45) is 5.10 Å². The van der Waals surface area contributed by atoms with E-state index in [2.05, 4.69) is 26.5 Å². The lowest BCUT2D eigenvalue weighted by atomic mass is 10.1. The van der Waals surface area contributed by atoms with Crippen LogP contribution in [0.15, 0.2) is 52.0 Å². The summed E-state index contributed by atoms with van der Waals surface area (Å²) in [5, 5.41) is 14.7. The highest BCUT2D eigenvalue weighted by atomic mass is 79.9. The molecule has 0 radical (unpaired) electrons. The van der Waals surface area contributed by atoms with Crippen molar-refractivity contribution >= 4 is 33.2 Å². The number of nitrogens with one attached hydrogen (secondary N) is 1. The first-order valence-corrected chi connectivity index (χ1v) is 8.13. The van der Waals surface area contributed by atoms with Gasteiger partial charge in [0.25, 0.3) is 11.6 Å². The standard InChI is InChI=1S/C17H16BrN3O4/c1-11-6-7-16(15(18)8-11)25-10-17(22)20-19-12(2)13-4-3-5-14(9-13)21(23)24/h3-9H,10H2,1-2H3,(H,20,22). The van der Waals surface area contributed by atoms with E-state index in [9.17, 15) is 14.9 Å². The van der Waals surface area contributed by atoms with Crippen molar-refractivity contribution < 1.29 is 14.5 Å². The van der Waals surface area contributed by atoms with Crippen molar-refractivity contribution in [2.75, 3.05) is 6.61 Å². The molecule has 2 rings (SSSR count). The summed E-state index contributed by atoms with van der Waals surface area (Å²) in [5.41, 5.74) is 4.41. The number of aryl methyl sites for hydroxylation is 1. The van der Waals surface area contributed by atoms with Crippen LogP contribution in [-0.2, 0) is 4.79 Å². The van der Waals surface area contributed by atoms with Crippen LogP contribution in [0.4, 0.5) is 5.69 Å². The minimum absolute atomic E-state index is 0.0362. The molecule has 0 atom stereocenters. The highest BCUT2D eigenvalue weighted by molar-refractivity contribution is 9.10. The molecule has 0 aliphatic heterocycles. The van der Waals surface area contributed by atoms with E-state index in [1.807, 2.05) is 19.1 Å². The second-order valence-electron chi connectivity index (χ2n) is 5.26. The number of benzene rings is 2. The molecule has 1 N–H and O–H groups in total. The molecule has 25 heavy (non-hydrogen) atoms. The summed E-state index contributed by atoms with van der Waals surface area (Å²) in [4.78, 5) is 22.1. The van der Waals surface area contributed by atoms with Gasteiger partial charge in [-0.05, 0) is 47.5 Å². The second kappa shape index (κ2) is 8.39. The molecule has 0 aromatic heterocycles. The molecule has 0 aliphatic rings. The molecule has 0 fully saturated rings. The summed E-state index contributed by atoms with van der Waals surface area (Å²) in [5.74, 6) is 0.123. The molecule has 0 bridgehead atoms. The summed E-state index contributed by atoms with van der Waals surface area (Å²) < 4.78 is 6.19. The average molecular weight is 406 g/mol. The highest BCUT2D eigenvalue weighted by Crippen LogP contribution is 2.25. The summed E-state index contributed by atoms with van der Waals surface area (Å²) in [6.07, 6.45) is 0. The molecule has 0 saturated heterocycles. The maximum atomic E-state index is 11.8. The van der Waals surface area contributed by atoms with E-state index in [4.69, 9.17) is 4.74 Å². The monoisotopic (exact) mass is 405 g/mol. The van der Waals surface area contributed by atoms with Crippen molar-refractivity contribution in [3.63, 3.8) is 0 Å². The Morgan fingerprint density at radius 1 is 1.32 bits per heavy atom. The molecule has 2 aromatic rings. The molecule has 0 unspecified atom stereocenters. The Labute approximate surface area is 153 Å². The van der Waals surface area contributed by atoms with Gasteiger partial charge in [0.05, 0.1) is 15.1 Å². The fraction of sp³-hybridized carbons (Fsp3) is 0.176. The van der Waals surface area contributed by atoms with Crippen LogP contribution < -0.4 is 10.2 Å². The minimum atomic E-state index is -0.483. The van der Waals surface area contributed by atoms with E-state index in [1.165, 1.54) is 12.1 Å². The van der Waals surface area contributed by atoms with Gasteiger partial charge in [-0.1, -0.05) is 18.2 Å². The van der Waals surface area contributed by atoms with Crippen LogP contribution in [0.1, 0.15) is 18.1 Å². The van der Waals surface area contributed by atoms with Gasteiger partial charge < -0.3 is 4.74 Å². The molecule has 0 aliphatic carbocycles. The number of hydrogen-bond donors (Lipinski definition) is 1. The van der Waals surface area contributed by atoms with E-state index in [-0.39, 0.29) is 12.3 Å². The first kappa shape index (κ1) is 18.6. The number of halogens is 1. The third kappa shape index (κ3) is 5.39. The number of ether oxygens (including phenoxy) is 1. The summed E-state index contributed by atoms with van der Waals surface area (Å²) in [6.45, 7) is 3.40. The van der Waals surface area contributed by atoms with Crippen LogP contribution >= 0.6 is 15.9 Å². The zero-order chi connectivity index (χ0) is 18.4. The van der Waals surface area contributed by atoms with E-state index in [0.29, 0.717) is 17.0 Å². The van der Waals surface area contributed by atoms with Crippen molar-refractivity contribution in [1.82, 2.24) is 5.43 Å². The number of non-ortho nitro benzene ring substituents is 1. The normalized spacial score (nSPS) is 11.1. The predicted molar refractivity (Wildman–Crippen MR) is 97.8 cm³/mol. The number of nitro groups is 1. The van der Waals surface area contributed by atoms with Gasteiger partial charge in [-0.2, -0.15) is 5.10 Å². The maximum Gasteiger partial charge on any atom is 0.277 e. The zero-order valence-electron chi connectivity index (χ0n) is 13.7. The second-order valence-corrected chi connectivity index (χ2v) is 6.12. The van der Waals surface area contributed by atoms with E-state index in [1.54, 1.807) is 25.1 Å². The van der Waals surface area contributed by atoms with Gasteiger partial charge in [-0.3, -0.25) is 14.9 Å². The molecule has 0 heterocycles. The van der Waals surface area contributed by atoms with E-state index < -0.39 is 10.8 Å². The molecule has 0 saturated carbocycles. The lowest BCUT2D eigenvalue weighted by molar-refractivity contribution is -0.384. The first-order valence-electron chi connectivity index (χ1n) is 7.33. The predicted octanol–water partition coefficient (Wildman–Crippen LogP) is 3.58. The van der Waals surface area contributed by atoms with E-state index >= 15 is 0 Å². The van der Waals surface area contributed by atoms with Crippen molar-refractivity contribution in [2.45, 2.75) is 13.8 Å². The molecule has 7 nitrogen and oxygen atoms in total. The number of carbonyl (C=O) groups excluding carboxylic acids is 1. The van der Waals surface area contributed by atoms with Crippen LogP contribution in [0.2, 0.25) is 0 Å². The van der Waals surface area contributed by atoms with Crippen LogP contribution in [0, 0.1) is 17.0 Å². The van der Waals surface area contributed by atoms with Gasteiger partial charge >= 0.3 is 0 Å². The minimum Gasteiger partial charge on any atom is -0.483 e. The largest absolute Gasteiger partial charge is 0.483 e. The molecule has 8 heteroatoms. The topological polar surface area (TPSA) is 93.8 Å². The number of nitrogens with zero attached hydrogens (tertiary/aromatic N) is 2. The molecule has 130 valence electrons. The fourth-order valence-electron chi connectivity index (χ4n) is 1.95. The Balaban J connectivity index is 1.95. The number of rotatable bonds is 6. The Morgan fingerprint density at radius 3 is 2.76 bits per heavy atom. The third-order valence-corrected chi connectivity index (χ3v) is 3.89. The molecule has 1 amide bonds. The SMILES string of the molecule is CC(=NNC(=O)COc1ccc(C)cc1Br)c1cccc([N+](=O)[O-])c1. The highest BCUT2D eigenvalue weighted by Gasteiger charge is 2.09. The molecular weight excluding hydrogens is 390 g/mol. The quantitative estimate of drug-likeness (QED) is 0.451. The van der Waals surface area contributed by atoms with Crippen molar-refractivity contribution in [1.29, 1.82) is 0 Å². The van der Waals surface area contributed by atoms with Gasteiger partial charge in [0.2, 0.25) is 0 Å². The number of nitro benzene ring substituents is 1. The van der Waals surface area contributed by atoms with Gasteiger partial charge in [0.1, 0.15) is 5.75 Å². The van der Waals surface area contributed by atoms with Gasteiger partial charge in [0, 0.05) is 17.7 Å².